The van der Waals surface area contributed by atoms with Crippen LogP contribution in [0, 0.1) is 13.8 Å². The van der Waals surface area contributed by atoms with Gasteiger partial charge in [0.1, 0.15) is 16.5 Å². The number of nitrogens with one attached hydrogen (secondary N) is 1. The molecular weight excluding hydrogens is 468 g/mol. The number of rotatable bonds is 7. The van der Waals surface area contributed by atoms with E-state index in [9.17, 15) is 8.42 Å². The molecular formula is C17H19BrN4O2S3. The number of hydrogen-bond donors (Lipinski definition) is 2. The third-order valence-corrected chi connectivity index (χ3v) is 7.35. The summed E-state index contributed by atoms with van der Waals surface area (Å²) in [6.07, 6.45) is 0. The van der Waals surface area contributed by atoms with Crippen LogP contribution in [0.25, 0.3) is 10.2 Å². The number of nitrogens with zero attached hydrogens (tertiary/aromatic N) is 2. The molecule has 0 aliphatic carbocycles. The average Bonchev–Trinajstić information content (AvgIpc) is 2.87. The van der Waals surface area contributed by atoms with Crippen molar-refractivity contribution in [3.8, 4) is 0 Å². The van der Waals surface area contributed by atoms with Gasteiger partial charge < -0.3 is 5.32 Å². The fraction of sp³-hybridized carbons (Fsp3) is 0.294. The molecule has 3 N–H and O–H groups in total. The Morgan fingerprint density at radius 1 is 1.22 bits per heavy atom. The van der Waals surface area contributed by atoms with Gasteiger partial charge in [0.2, 0.25) is 10.0 Å². The van der Waals surface area contributed by atoms with Crippen LogP contribution in [0.3, 0.4) is 0 Å². The minimum absolute atomic E-state index is 0.149. The second-order valence-corrected chi connectivity index (χ2v) is 10.9. The molecule has 0 unspecified atom stereocenters. The Labute approximate surface area is 175 Å². The molecule has 0 amide bonds. The van der Waals surface area contributed by atoms with E-state index in [-0.39, 0.29) is 12.3 Å². The van der Waals surface area contributed by atoms with Gasteiger partial charge in [-0.25, -0.2) is 23.5 Å². The molecule has 144 valence electrons. The van der Waals surface area contributed by atoms with Crippen LogP contribution < -0.4 is 10.5 Å². The summed E-state index contributed by atoms with van der Waals surface area (Å²) >= 11 is 6.71. The SMILES string of the molecule is Cc1sc2nc(CSc3ccc(Br)cc3)nc(NCCS(N)(=O)=O)c2c1C. The average molecular weight is 487 g/mol. The van der Waals surface area contributed by atoms with E-state index in [0.717, 1.165) is 25.1 Å². The van der Waals surface area contributed by atoms with E-state index < -0.39 is 10.0 Å². The summed E-state index contributed by atoms with van der Waals surface area (Å²) < 4.78 is 23.5. The molecule has 0 aliphatic heterocycles. The van der Waals surface area contributed by atoms with Gasteiger partial charge in [0.15, 0.2) is 0 Å². The monoisotopic (exact) mass is 486 g/mol. The molecule has 0 fully saturated rings. The largest absolute Gasteiger partial charge is 0.368 e. The summed E-state index contributed by atoms with van der Waals surface area (Å²) in [5.74, 6) is 1.84. The summed E-state index contributed by atoms with van der Waals surface area (Å²) in [5, 5.41) is 9.17. The normalized spacial score (nSPS) is 11.9. The number of thioether (sulfide) groups is 1. The predicted molar refractivity (Wildman–Crippen MR) is 117 cm³/mol. The number of aryl methyl sites for hydroxylation is 2. The Morgan fingerprint density at radius 3 is 2.59 bits per heavy atom. The number of thiophene rings is 1. The first-order valence-electron chi connectivity index (χ1n) is 8.12. The second kappa shape index (κ2) is 8.44. The first-order chi connectivity index (χ1) is 12.7. The van der Waals surface area contributed by atoms with E-state index in [1.807, 2.05) is 38.1 Å². The number of fused-ring (bicyclic) bond motifs is 1. The van der Waals surface area contributed by atoms with Crippen molar-refractivity contribution in [1.29, 1.82) is 0 Å². The van der Waals surface area contributed by atoms with Crippen molar-refractivity contribution in [2.24, 2.45) is 5.14 Å². The van der Waals surface area contributed by atoms with E-state index in [1.165, 1.54) is 4.88 Å². The molecule has 0 radical (unpaired) electrons. The van der Waals surface area contributed by atoms with Crippen LogP contribution in [0.5, 0.6) is 0 Å². The summed E-state index contributed by atoms with van der Waals surface area (Å²) in [4.78, 5) is 12.6. The van der Waals surface area contributed by atoms with Gasteiger partial charge in [0, 0.05) is 20.8 Å². The molecule has 0 spiro atoms. The van der Waals surface area contributed by atoms with Gasteiger partial charge in [0.25, 0.3) is 0 Å². The van der Waals surface area contributed by atoms with Crippen LogP contribution in [0.15, 0.2) is 33.6 Å². The minimum atomic E-state index is -3.52. The van der Waals surface area contributed by atoms with Crippen LogP contribution in [-0.2, 0) is 15.8 Å². The summed E-state index contributed by atoms with van der Waals surface area (Å²) in [5.41, 5.74) is 1.11. The first kappa shape index (κ1) is 20.5. The fourth-order valence-corrected chi connectivity index (χ4v) is 4.93. The van der Waals surface area contributed by atoms with Crippen molar-refractivity contribution >= 4 is 65.1 Å². The van der Waals surface area contributed by atoms with E-state index in [2.05, 4.69) is 26.2 Å². The lowest BCUT2D eigenvalue weighted by Gasteiger charge is -2.09. The lowest BCUT2D eigenvalue weighted by atomic mass is 10.2. The highest BCUT2D eigenvalue weighted by Crippen LogP contribution is 2.34. The Hall–Kier alpha value is -1.20. The third-order valence-electron chi connectivity index (χ3n) is 3.94. The highest BCUT2D eigenvalue weighted by atomic mass is 79.9. The molecule has 0 bridgehead atoms. The molecule has 6 nitrogen and oxygen atoms in total. The van der Waals surface area contributed by atoms with Crippen molar-refractivity contribution in [2.45, 2.75) is 24.5 Å². The molecule has 10 heteroatoms. The van der Waals surface area contributed by atoms with Gasteiger partial charge in [-0.3, -0.25) is 0 Å². The number of sulfonamides is 1. The Bertz CT molecular complexity index is 1070. The van der Waals surface area contributed by atoms with E-state index in [1.54, 1.807) is 23.1 Å². The molecule has 2 heterocycles. The summed E-state index contributed by atoms with van der Waals surface area (Å²) in [7, 11) is -3.52. The van der Waals surface area contributed by atoms with Crippen LogP contribution in [0.1, 0.15) is 16.3 Å². The Morgan fingerprint density at radius 2 is 1.93 bits per heavy atom. The van der Waals surface area contributed by atoms with E-state index in [0.29, 0.717) is 17.4 Å². The Balaban J connectivity index is 1.86. The van der Waals surface area contributed by atoms with Gasteiger partial charge in [-0.15, -0.1) is 23.1 Å². The third kappa shape index (κ3) is 5.41. The molecule has 0 saturated carbocycles. The van der Waals surface area contributed by atoms with Crippen LogP contribution in [-0.4, -0.2) is 30.7 Å². The predicted octanol–water partition coefficient (Wildman–Crippen LogP) is 4.06. The smallest absolute Gasteiger partial charge is 0.210 e. The maximum Gasteiger partial charge on any atom is 0.210 e. The summed E-state index contributed by atoms with van der Waals surface area (Å²) in [6.45, 7) is 4.28. The van der Waals surface area contributed by atoms with Gasteiger partial charge >= 0.3 is 0 Å². The van der Waals surface area contributed by atoms with Crippen LogP contribution in [0.4, 0.5) is 5.82 Å². The van der Waals surface area contributed by atoms with Crippen molar-refractivity contribution in [2.75, 3.05) is 17.6 Å². The second-order valence-electron chi connectivity index (χ2n) is 5.99. The molecule has 0 atom stereocenters. The highest BCUT2D eigenvalue weighted by molar-refractivity contribution is 9.10. The molecule has 1 aromatic carbocycles. The standard InChI is InChI=1S/C17H19BrN4O2S3/c1-10-11(2)26-17-15(10)16(20-7-8-27(19,23)24)21-14(22-17)9-25-13-5-3-12(18)4-6-13/h3-6H,7-9H2,1-2H3,(H2,19,23,24)(H,20,21,22). The molecule has 0 saturated heterocycles. The lowest BCUT2D eigenvalue weighted by molar-refractivity contribution is 0.598. The van der Waals surface area contributed by atoms with Gasteiger partial charge in [-0.1, -0.05) is 15.9 Å². The maximum absolute atomic E-state index is 11.2. The first-order valence-corrected chi connectivity index (χ1v) is 12.4. The summed E-state index contributed by atoms with van der Waals surface area (Å²) in [6, 6.07) is 8.08. The zero-order chi connectivity index (χ0) is 19.6. The van der Waals surface area contributed by atoms with Gasteiger partial charge in [-0.2, -0.15) is 0 Å². The van der Waals surface area contributed by atoms with Crippen molar-refractivity contribution in [3.63, 3.8) is 0 Å². The number of hydrogen-bond acceptors (Lipinski definition) is 7. The lowest BCUT2D eigenvalue weighted by Crippen LogP contribution is -2.22. The molecule has 3 rings (SSSR count). The van der Waals surface area contributed by atoms with Crippen LogP contribution in [0.2, 0.25) is 0 Å². The number of nitrogens with two attached hydrogens (primary N) is 1. The van der Waals surface area contributed by atoms with Gasteiger partial charge in [-0.05, 0) is 43.7 Å². The molecule has 3 aromatic rings. The number of aromatic nitrogens is 2. The maximum atomic E-state index is 11.2. The van der Waals surface area contributed by atoms with E-state index in [4.69, 9.17) is 10.1 Å². The number of anilines is 1. The molecule has 0 aliphatic rings. The minimum Gasteiger partial charge on any atom is -0.368 e. The zero-order valence-electron chi connectivity index (χ0n) is 14.8. The zero-order valence-corrected chi connectivity index (χ0v) is 18.9. The topological polar surface area (TPSA) is 98.0 Å². The quantitative estimate of drug-likeness (QED) is 0.488. The number of benzene rings is 1. The van der Waals surface area contributed by atoms with Crippen molar-refractivity contribution < 1.29 is 8.42 Å². The number of halogens is 1. The van der Waals surface area contributed by atoms with Crippen molar-refractivity contribution in [3.05, 3.63) is 45.0 Å². The number of primary sulfonamides is 1. The van der Waals surface area contributed by atoms with Gasteiger partial charge in [0.05, 0.1) is 16.9 Å². The Kier molecular flexibility index (Phi) is 6.42. The fourth-order valence-electron chi connectivity index (χ4n) is 2.48. The van der Waals surface area contributed by atoms with Crippen LogP contribution >= 0.6 is 39.0 Å². The van der Waals surface area contributed by atoms with E-state index >= 15 is 0 Å². The molecule has 27 heavy (non-hydrogen) atoms. The highest BCUT2D eigenvalue weighted by Gasteiger charge is 2.15. The van der Waals surface area contributed by atoms with Crippen molar-refractivity contribution in [1.82, 2.24) is 9.97 Å². The molecule has 2 aromatic heterocycles.